The van der Waals surface area contributed by atoms with E-state index in [0.29, 0.717) is 6.79 Å². The average Bonchev–Trinajstić information content (AvgIpc) is 2.86. The van der Waals surface area contributed by atoms with Gasteiger partial charge < -0.3 is 14.2 Å². The molecule has 0 unspecified atom stereocenters. The molecule has 0 spiro atoms. The van der Waals surface area contributed by atoms with E-state index in [1.807, 2.05) is 42.5 Å². The predicted molar refractivity (Wildman–Crippen MR) is 64.6 cm³/mol. The van der Waals surface area contributed by atoms with E-state index in [0.717, 1.165) is 28.4 Å². The van der Waals surface area contributed by atoms with Gasteiger partial charge in [0.2, 0.25) is 6.79 Å². The number of ether oxygens (including phenoxy) is 3. The summed E-state index contributed by atoms with van der Waals surface area (Å²) < 4.78 is 15.9. The van der Waals surface area contributed by atoms with Crippen LogP contribution in [-0.2, 0) is 0 Å². The summed E-state index contributed by atoms with van der Waals surface area (Å²) >= 11 is 0. The molecule has 0 saturated carbocycles. The fourth-order valence-corrected chi connectivity index (χ4v) is 1.88. The Morgan fingerprint density at radius 1 is 0.941 bits per heavy atom. The molecular formula is C14H12O3. The van der Waals surface area contributed by atoms with Gasteiger partial charge in [-0.1, -0.05) is 18.2 Å². The van der Waals surface area contributed by atoms with Gasteiger partial charge in [-0.3, -0.25) is 0 Å². The van der Waals surface area contributed by atoms with Gasteiger partial charge in [-0.25, -0.2) is 0 Å². The summed E-state index contributed by atoms with van der Waals surface area (Å²) in [5.41, 5.74) is 2.19. The van der Waals surface area contributed by atoms with Crippen molar-refractivity contribution >= 4 is 0 Å². The number of rotatable bonds is 2. The first kappa shape index (κ1) is 10.0. The summed E-state index contributed by atoms with van der Waals surface area (Å²) in [6, 6.07) is 13.9. The Balaban J connectivity index is 2.03. The Labute approximate surface area is 99.6 Å². The van der Waals surface area contributed by atoms with Gasteiger partial charge in [0.25, 0.3) is 0 Å². The van der Waals surface area contributed by atoms with Gasteiger partial charge in [-0.15, -0.1) is 0 Å². The molecule has 0 aliphatic carbocycles. The molecule has 2 aromatic carbocycles. The van der Waals surface area contributed by atoms with Crippen molar-refractivity contribution in [1.29, 1.82) is 0 Å². The van der Waals surface area contributed by atoms with E-state index >= 15 is 0 Å². The van der Waals surface area contributed by atoms with Gasteiger partial charge in [0.15, 0.2) is 11.5 Å². The van der Waals surface area contributed by atoms with Crippen LogP contribution in [0.3, 0.4) is 0 Å². The minimum Gasteiger partial charge on any atom is -0.497 e. The van der Waals surface area contributed by atoms with E-state index in [-0.39, 0.29) is 0 Å². The first-order chi connectivity index (χ1) is 8.36. The monoisotopic (exact) mass is 228 g/mol. The number of benzene rings is 2. The van der Waals surface area contributed by atoms with Gasteiger partial charge in [0.1, 0.15) is 5.75 Å². The number of fused-ring (bicyclic) bond motifs is 1. The summed E-state index contributed by atoms with van der Waals surface area (Å²) in [4.78, 5) is 0. The molecule has 0 fully saturated rings. The molecule has 86 valence electrons. The molecule has 1 heterocycles. The van der Waals surface area contributed by atoms with Crippen LogP contribution in [0.25, 0.3) is 11.1 Å². The van der Waals surface area contributed by atoms with E-state index < -0.39 is 0 Å². The van der Waals surface area contributed by atoms with Gasteiger partial charge >= 0.3 is 0 Å². The lowest BCUT2D eigenvalue weighted by Crippen LogP contribution is -1.92. The second-order valence-corrected chi connectivity index (χ2v) is 3.80. The summed E-state index contributed by atoms with van der Waals surface area (Å²) in [6.45, 7) is 0.302. The molecule has 2 aromatic rings. The molecular weight excluding hydrogens is 216 g/mol. The molecule has 3 nitrogen and oxygen atoms in total. The SMILES string of the molecule is COc1cccc(-c2ccc3c(c2)OCO3)c1. The van der Waals surface area contributed by atoms with E-state index in [4.69, 9.17) is 14.2 Å². The van der Waals surface area contributed by atoms with Gasteiger partial charge in [-0.2, -0.15) is 0 Å². The lowest BCUT2D eigenvalue weighted by Gasteiger charge is -2.05. The molecule has 0 bridgehead atoms. The van der Waals surface area contributed by atoms with Crippen LogP contribution in [0.4, 0.5) is 0 Å². The molecule has 0 atom stereocenters. The molecule has 0 aromatic heterocycles. The standard InChI is InChI=1S/C14H12O3/c1-15-12-4-2-3-10(7-12)11-5-6-13-14(8-11)17-9-16-13/h2-8H,9H2,1H3. The van der Waals surface area contributed by atoms with Crippen LogP contribution in [0.5, 0.6) is 17.2 Å². The average molecular weight is 228 g/mol. The van der Waals surface area contributed by atoms with Crippen LogP contribution < -0.4 is 14.2 Å². The van der Waals surface area contributed by atoms with E-state index in [1.165, 1.54) is 0 Å². The highest BCUT2D eigenvalue weighted by molar-refractivity contribution is 5.68. The predicted octanol–water partition coefficient (Wildman–Crippen LogP) is 3.09. The van der Waals surface area contributed by atoms with E-state index in [1.54, 1.807) is 7.11 Å². The van der Waals surface area contributed by atoms with Crippen LogP contribution in [-0.4, -0.2) is 13.9 Å². The first-order valence-electron chi connectivity index (χ1n) is 5.41. The summed E-state index contributed by atoms with van der Waals surface area (Å²) in [6.07, 6.45) is 0. The van der Waals surface area contributed by atoms with Crippen molar-refractivity contribution in [2.75, 3.05) is 13.9 Å². The van der Waals surface area contributed by atoms with Gasteiger partial charge in [0, 0.05) is 0 Å². The molecule has 3 rings (SSSR count). The lowest BCUT2D eigenvalue weighted by atomic mass is 10.1. The molecule has 1 aliphatic rings. The van der Waals surface area contributed by atoms with Crippen molar-refractivity contribution in [2.24, 2.45) is 0 Å². The molecule has 3 heteroatoms. The lowest BCUT2D eigenvalue weighted by molar-refractivity contribution is 0.174. The minimum atomic E-state index is 0.302. The Hall–Kier alpha value is -2.16. The molecule has 0 N–H and O–H groups in total. The highest BCUT2D eigenvalue weighted by atomic mass is 16.7. The number of hydrogen-bond donors (Lipinski definition) is 0. The fraction of sp³-hybridized carbons (Fsp3) is 0.143. The van der Waals surface area contributed by atoms with Crippen LogP contribution in [0.2, 0.25) is 0 Å². The summed E-state index contributed by atoms with van der Waals surface area (Å²) in [7, 11) is 1.67. The van der Waals surface area contributed by atoms with Gasteiger partial charge in [-0.05, 0) is 35.4 Å². The van der Waals surface area contributed by atoms with E-state index in [2.05, 4.69) is 0 Å². The van der Waals surface area contributed by atoms with E-state index in [9.17, 15) is 0 Å². The zero-order valence-electron chi connectivity index (χ0n) is 9.47. The molecule has 0 saturated heterocycles. The third-order valence-electron chi connectivity index (χ3n) is 2.78. The second-order valence-electron chi connectivity index (χ2n) is 3.80. The number of hydrogen-bond acceptors (Lipinski definition) is 3. The fourth-order valence-electron chi connectivity index (χ4n) is 1.88. The maximum atomic E-state index is 5.36. The highest BCUT2D eigenvalue weighted by Crippen LogP contribution is 2.36. The maximum Gasteiger partial charge on any atom is 0.231 e. The molecule has 1 aliphatic heterocycles. The molecule has 17 heavy (non-hydrogen) atoms. The third-order valence-corrected chi connectivity index (χ3v) is 2.78. The van der Waals surface area contributed by atoms with Gasteiger partial charge in [0.05, 0.1) is 7.11 Å². The van der Waals surface area contributed by atoms with Crippen LogP contribution in [0, 0.1) is 0 Å². The quantitative estimate of drug-likeness (QED) is 0.790. The molecule has 0 amide bonds. The maximum absolute atomic E-state index is 5.36. The zero-order chi connectivity index (χ0) is 11.7. The highest BCUT2D eigenvalue weighted by Gasteiger charge is 2.13. The van der Waals surface area contributed by atoms with Crippen LogP contribution in [0.1, 0.15) is 0 Å². The van der Waals surface area contributed by atoms with Crippen molar-refractivity contribution < 1.29 is 14.2 Å². The minimum absolute atomic E-state index is 0.302. The van der Waals surface area contributed by atoms with Crippen molar-refractivity contribution in [3.05, 3.63) is 42.5 Å². The second kappa shape index (κ2) is 4.01. The van der Waals surface area contributed by atoms with Crippen LogP contribution >= 0.6 is 0 Å². The van der Waals surface area contributed by atoms with Crippen molar-refractivity contribution in [2.45, 2.75) is 0 Å². The topological polar surface area (TPSA) is 27.7 Å². The Bertz CT molecular complexity index is 549. The third kappa shape index (κ3) is 1.80. The Kier molecular flexibility index (Phi) is 2.37. The van der Waals surface area contributed by atoms with Crippen LogP contribution in [0.15, 0.2) is 42.5 Å². The largest absolute Gasteiger partial charge is 0.497 e. The summed E-state index contributed by atoms with van der Waals surface area (Å²) in [5.74, 6) is 2.45. The Morgan fingerprint density at radius 2 is 1.76 bits per heavy atom. The first-order valence-corrected chi connectivity index (χ1v) is 5.41. The smallest absolute Gasteiger partial charge is 0.231 e. The number of methoxy groups -OCH3 is 1. The summed E-state index contributed by atoms with van der Waals surface area (Å²) in [5, 5.41) is 0. The van der Waals surface area contributed by atoms with Crippen molar-refractivity contribution in [3.8, 4) is 28.4 Å². The van der Waals surface area contributed by atoms with Crippen molar-refractivity contribution in [1.82, 2.24) is 0 Å². The Morgan fingerprint density at radius 3 is 2.65 bits per heavy atom. The molecule has 0 radical (unpaired) electrons. The normalized spacial score (nSPS) is 12.5. The zero-order valence-corrected chi connectivity index (χ0v) is 9.47. The van der Waals surface area contributed by atoms with Crippen molar-refractivity contribution in [3.63, 3.8) is 0 Å².